The van der Waals surface area contributed by atoms with Gasteiger partial charge in [0.1, 0.15) is 11.9 Å². The average molecular weight is 293 g/mol. The number of ether oxygens (including phenoxy) is 1. The number of hydrogen-bond donors (Lipinski definition) is 2. The van der Waals surface area contributed by atoms with Crippen molar-refractivity contribution in [3.05, 3.63) is 12.3 Å². The molecule has 0 spiro atoms. The van der Waals surface area contributed by atoms with Crippen LogP contribution in [0.2, 0.25) is 0 Å². The van der Waals surface area contributed by atoms with Gasteiger partial charge in [-0.3, -0.25) is 4.79 Å². The fraction of sp³-hybridized carbons (Fsp3) is 0.643. The van der Waals surface area contributed by atoms with Crippen LogP contribution in [-0.4, -0.2) is 59.7 Å². The first-order valence-corrected chi connectivity index (χ1v) is 7.40. The maximum absolute atomic E-state index is 12.3. The minimum Gasteiger partial charge on any atom is -0.378 e. The highest BCUT2D eigenvalue weighted by atomic mass is 16.5. The monoisotopic (exact) mass is 293 g/mol. The number of nitrogens with one attached hydrogen (secondary N) is 2. The maximum atomic E-state index is 12.3. The fourth-order valence-corrected chi connectivity index (χ4v) is 2.10. The van der Waals surface area contributed by atoms with Gasteiger partial charge in [-0.05, 0) is 19.4 Å². The molecule has 2 rings (SSSR count). The van der Waals surface area contributed by atoms with Crippen LogP contribution in [-0.2, 0) is 9.53 Å². The molecule has 1 aliphatic rings. The van der Waals surface area contributed by atoms with Crippen molar-refractivity contribution < 1.29 is 9.53 Å². The molecule has 1 unspecified atom stereocenters. The number of anilines is 2. The summed E-state index contributed by atoms with van der Waals surface area (Å²) >= 11 is 0. The number of carbonyl (C=O) groups is 1. The van der Waals surface area contributed by atoms with Crippen LogP contribution < -0.4 is 10.6 Å². The molecule has 7 nitrogen and oxygen atoms in total. The third-order valence-electron chi connectivity index (χ3n) is 3.25. The minimum atomic E-state index is -0.322. The topological polar surface area (TPSA) is 79.4 Å². The Kier molecular flexibility index (Phi) is 5.74. The van der Waals surface area contributed by atoms with E-state index in [2.05, 4.69) is 27.5 Å². The smallest absolute Gasteiger partial charge is 0.244 e. The van der Waals surface area contributed by atoms with E-state index in [9.17, 15) is 4.79 Å². The average Bonchev–Trinajstić information content (AvgIpc) is 2.53. The number of rotatable bonds is 6. The summed E-state index contributed by atoms with van der Waals surface area (Å²) in [5.74, 6) is 1.30. The Morgan fingerprint density at radius 3 is 2.95 bits per heavy atom. The number of aromatic nitrogens is 2. The van der Waals surface area contributed by atoms with E-state index in [1.165, 1.54) is 0 Å². The zero-order valence-electron chi connectivity index (χ0n) is 12.6. The molecule has 1 aliphatic heterocycles. The second kappa shape index (κ2) is 7.78. The van der Waals surface area contributed by atoms with Gasteiger partial charge >= 0.3 is 0 Å². The second-order valence-electron chi connectivity index (χ2n) is 5.00. The minimum absolute atomic E-state index is 0.0694. The van der Waals surface area contributed by atoms with Crippen molar-refractivity contribution in [2.75, 3.05) is 43.5 Å². The molecule has 21 heavy (non-hydrogen) atoms. The van der Waals surface area contributed by atoms with Crippen molar-refractivity contribution in [1.29, 1.82) is 0 Å². The molecule has 1 amide bonds. The van der Waals surface area contributed by atoms with Crippen molar-refractivity contribution in [3.63, 3.8) is 0 Å². The quantitative estimate of drug-likeness (QED) is 0.813. The van der Waals surface area contributed by atoms with Gasteiger partial charge in [-0.25, -0.2) is 4.98 Å². The summed E-state index contributed by atoms with van der Waals surface area (Å²) in [5.41, 5.74) is 0. The van der Waals surface area contributed by atoms with E-state index >= 15 is 0 Å². The molecular formula is C14H23N5O2. The van der Waals surface area contributed by atoms with Gasteiger partial charge in [-0.1, -0.05) is 6.92 Å². The summed E-state index contributed by atoms with van der Waals surface area (Å²) < 4.78 is 5.26. The van der Waals surface area contributed by atoms with E-state index in [4.69, 9.17) is 4.74 Å². The van der Waals surface area contributed by atoms with Crippen molar-refractivity contribution in [2.24, 2.45) is 0 Å². The third-order valence-corrected chi connectivity index (χ3v) is 3.25. The molecule has 0 aromatic carbocycles. The highest BCUT2D eigenvalue weighted by Gasteiger charge is 2.22. The number of nitrogens with zero attached hydrogens (tertiary/aromatic N) is 3. The number of amides is 1. The van der Waals surface area contributed by atoms with Gasteiger partial charge in [0, 0.05) is 25.8 Å². The van der Waals surface area contributed by atoms with E-state index < -0.39 is 0 Å². The van der Waals surface area contributed by atoms with Crippen LogP contribution in [0.4, 0.5) is 11.8 Å². The van der Waals surface area contributed by atoms with Gasteiger partial charge < -0.3 is 20.3 Å². The molecule has 0 bridgehead atoms. The lowest BCUT2D eigenvalue weighted by atomic mass is 10.2. The normalized spacial score (nSPS) is 16.4. The SMILES string of the molecule is CCCNc1nccc(NC(C)C(=O)N2CCOCC2)n1. The molecule has 7 heteroatoms. The van der Waals surface area contributed by atoms with Gasteiger partial charge in [0.25, 0.3) is 0 Å². The fourth-order valence-electron chi connectivity index (χ4n) is 2.10. The van der Waals surface area contributed by atoms with E-state index in [1.807, 2.05) is 11.8 Å². The molecular weight excluding hydrogens is 270 g/mol. The highest BCUT2D eigenvalue weighted by molar-refractivity contribution is 5.84. The van der Waals surface area contributed by atoms with E-state index in [1.54, 1.807) is 12.3 Å². The zero-order valence-corrected chi connectivity index (χ0v) is 12.6. The Hall–Kier alpha value is -1.89. The number of hydrogen-bond acceptors (Lipinski definition) is 6. The maximum Gasteiger partial charge on any atom is 0.244 e. The largest absolute Gasteiger partial charge is 0.378 e. The lowest BCUT2D eigenvalue weighted by molar-refractivity contribution is -0.135. The van der Waals surface area contributed by atoms with Crippen LogP contribution in [0, 0.1) is 0 Å². The van der Waals surface area contributed by atoms with Crippen molar-refractivity contribution >= 4 is 17.7 Å². The van der Waals surface area contributed by atoms with Crippen molar-refractivity contribution in [1.82, 2.24) is 14.9 Å². The van der Waals surface area contributed by atoms with E-state index in [-0.39, 0.29) is 11.9 Å². The Labute approximate surface area is 125 Å². The van der Waals surface area contributed by atoms with Gasteiger partial charge in [0.05, 0.1) is 13.2 Å². The molecule has 1 fully saturated rings. The summed E-state index contributed by atoms with van der Waals surface area (Å²) in [6.07, 6.45) is 2.69. The van der Waals surface area contributed by atoms with E-state index in [0.717, 1.165) is 13.0 Å². The Morgan fingerprint density at radius 1 is 1.48 bits per heavy atom. The van der Waals surface area contributed by atoms with Crippen LogP contribution >= 0.6 is 0 Å². The first-order valence-electron chi connectivity index (χ1n) is 7.40. The summed E-state index contributed by atoms with van der Waals surface area (Å²) in [6.45, 7) is 7.27. The molecule has 0 radical (unpaired) electrons. The van der Waals surface area contributed by atoms with Crippen molar-refractivity contribution in [3.8, 4) is 0 Å². The predicted octanol–water partition coefficient (Wildman–Crippen LogP) is 0.958. The van der Waals surface area contributed by atoms with Crippen LogP contribution in [0.5, 0.6) is 0 Å². The first-order chi connectivity index (χ1) is 10.2. The second-order valence-corrected chi connectivity index (χ2v) is 5.00. The zero-order chi connectivity index (χ0) is 15.1. The Balaban J connectivity index is 1.91. The van der Waals surface area contributed by atoms with Gasteiger partial charge in [-0.2, -0.15) is 4.98 Å². The molecule has 0 saturated carbocycles. The third kappa shape index (κ3) is 4.56. The highest BCUT2D eigenvalue weighted by Crippen LogP contribution is 2.09. The Bertz CT molecular complexity index is 462. The summed E-state index contributed by atoms with van der Waals surface area (Å²) in [5, 5.41) is 6.26. The lowest BCUT2D eigenvalue weighted by Gasteiger charge is -2.29. The van der Waals surface area contributed by atoms with Gasteiger partial charge in [0.15, 0.2) is 0 Å². The molecule has 0 aliphatic carbocycles. The molecule has 1 aromatic rings. The molecule has 1 aromatic heterocycles. The van der Waals surface area contributed by atoms with Gasteiger partial charge in [0.2, 0.25) is 11.9 Å². The standard InChI is InChI=1S/C14H23N5O2/c1-3-5-15-14-16-6-4-12(18-14)17-11(2)13(20)19-7-9-21-10-8-19/h4,6,11H,3,5,7-10H2,1-2H3,(H2,15,16,17,18). The lowest BCUT2D eigenvalue weighted by Crippen LogP contribution is -2.47. The van der Waals surface area contributed by atoms with Crippen LogP contribution in [0.1, 0.15) is 20.3 Å². The molecule has 1 atom stereocenters. The summed E-state index contributed by atoms with van der Waals surface area (Å²) in [4.78, 5) is 22.6. The van der Waals surface area contributed by atoms with Crippen LogP contribution in [0.3, 0.4) is 0 Å². The Morgan fingerprint density at radius 2 is 2.24 bits per heavy atom. The number of carbonyl (C=O) groups excluding carboxylic acids is 1. The number of morpholine rings is 1. The van der Waals surface area contributed by atoms with Crippen molar-refractivity contribution in [2.45, 2.75) is 26.3 Å². The first kappa shape index (κ1) is 15.5. The van der Waals surface area contributed by atoms with Gasteiger partial charge in [-0.15, -0.1) is 0 Å². The molecule has 116 valence electrons. The van der Waals surface area contributed by atoms with Crippen LogP contribution in [0.25, 0.3) is 0 Å². The summed E-state index contributed by atoms with van der Waals surface area (Å²) in [7, 11) is 0. The van der Waals surface area contributed by atoms with E-state index in [0.29, 0.717) is 38.1 Å². The molecule has 2 heterocycles. The predicted molar refractivity (Wildman–Crippen MR) is 81.3 cm³/mol. The van der Waals surface area contributed by atoms with Crippen LogP contribution in [0.15, 0.2) is 12.3 Å². The summed E-state index contributed by atoms with van der Waals surface area (Å²) in [6, 6.07) is 1.44. The molecule has 2 N–H and O–H groups in total. The molecule has 1 saturated heterocycles.